The van der Waals surface area contributed by atoms with Gasteiger partial charge in [0.15, 0.2) is 0 Å². The highest BCUT2D eigenvalue weighted by Crippen LogP contribution is 2.17. The monoisotopic (exact) mass is 513 g/mol. The zero-order chi connectivity index (χ0) is 26.6. The van der Waals surface area contributed by atoms with Crippen molar-refractivity contribution in [2.75, 3.05) is 7.11 Å². The van der Waals surface area contributed by atoms with Crippen LogP contribution in [0.3, 0.4) is 0 Å². The summed E-state index contributed by atoms with van der Waals surface area (Å²) in [6, 6.07) is 14.5. The Morgan fingerprint density at radius 1 is 1.03 bits per heavy atom. The number of carbonyl (C=O) groups excluding carboxylic acids is 1. The molecule has 36 heavy (non-hydrogen) atoms. The van der Waals surface area contributed by atoms with Crippen LogP contribution in [0.25, 0.3) is 10.9 Å². The predicted molar refractivity (Wildman–Crippen MR) is 132 cm³/mol. The Labute approximate surface area is 208 Å². The van der Waals surface area contributed by atoms with E-state index < -0.39 is 28.9 Å². The zero-order valence-electron chi connectivity index (χ0n) is 19.2. The average molecular weight is 514 g/mol. The van der Waals surface area contributed by atoms with Gasteiger partial charge >= 0.3 is 11.7 Å². The van der Waals surface area contributed by atoms with Crippen molar-refractivity contribution >= 4 is 34.4 Å². The van der Waals surface area contributed by atoms with Gasteiger partial charge in [0, 0.05) is 12.6 Å². The van der Waals surface area contributed by atoms with E-state index in [0.717, 1.165) is 16.4 Å². The van der Waals surface area contributed by atoms with E-state index in [2.05, 4.69) is 0 Å². The van der Waals surface area contributed by atoms with E-state index in [-0.39, 0.29) is 22.5 Å². The minimum absolute atomic E-state index is 0.0559. The van der Waals surface area contributed by atoms with Gasteiger partial charge in [-0.25, -0.2) is 14.0 Å². The number of nitrogens with zero attached hydrogens (tertiary/aromatic N) is 2. The van der Waals surface area contributed by atoms with Gasteiger partial charge in [0.05, 0.1) is 35.1 Å². The van der Waals surface area contributed by atoms with Gasteiger partial charge in [-0.3, -0.25) is 18.7 Å². The lowest BCUT2D eigenvalue weighted by molar-refractivity contribution is 0.0696. The van der Waals surface area contributed by atoms with Crippen molar-refractivity contribution in [2.45, 2.75) is 6.54 Å². The second kappa shape index (κ2) is 10.9. The summed E-state index contributed by atoms with van der Waals surface area (Å²) < 4.78 is 20.4. The molecule has 0 fully saturated rings. The van der Waals surface area contributed by atoms with Gasteiger partial charge in [-0.15, -0.1) is 0 Å². The number of aryl methyl sites for hydroxylation is 1. The van der Waals surface area contributed by atoms with Gasteiger partial charge in [-0.05, 0) is 60.2 Å². The van der Waals surface area contributed by atoms with Crippen LogP contribution in [0.4, 0.5) is 4.39 Å². The van der Waals surface area contributed by atoms with Crippen molar-refractivity contribution in [3.8, 4) is 5.75 Å². The van der Waals surface area contributed by atoms with E-state index in [0.29, 0.717) is 16.6 Å². The Bertz CT molecular complexity index is 1580. The number of aromatic nitrogens is 2. The number of hydrogen-bond donors (Lipinski definition) is 2. The first kappa shape index (κ1) is 26.2. The number of carboxylic acid groups (broad SMARTS) is 1. The molecule has 0 spiro atoms. The fourth-order valence-electron chi connectivity index (χ4n) is 3.36. The lowest BCUT2D eigenvalue weighted by atomic mass is 10.1. The van der Waals surface area contributed by atoms with Gasteiger partial charge in [0.2, 0.25) is 5.91 Å². The Hall–Kier alpha value is -4.44. The lowest BCUT2D eigenvalue weighted by Gasteiger charge is -2.11. The molecule has 1 heterocycles. The van der Waals surface area contributed by atoms with Crippen LogP contribution >= 0.6 is 11.6 Å². The first-order valence-corrected chi connectivity index (χ1v) is 10.8. The summed E-state index contributed by atoms with van der Waals surface area (Å²) >= 11 is 5.73. The van der Waals surface area contributed by atoms with E-state index in [4.69, 9.17) is 27.2 Å². The largest absolute Gasteiger partial charge is 0.497 e. The normalized spacial score (nSPS) is 10.4. The van der Waals surface area contributed by atoms with E-state index in [1.54, 1.807) is 31.4 Å². The third kappa shape index (κ3) is 5.61. The van der Waals surface area contributed by atoms with Crippen LogP contribution in [0.15, 0.2) is 70.3 Å². The maximum absolute atomic E-state index is 13.3. The number of carboxylic acids is 1. The summed E-state index contributed by atoms with van der Waals surface area (Å²) in [4.78, 5) is 46.9. The van der Waals surface area contributed by atoms with Crippen LogP contribution < -0.4 is 21.7 Å². The minimum Gasteiger partial charge on any atom is -0.497 e. The summed E-state index contributed by atoms with van der Waals surface area (Å²) in [5.41, 5.74) is 5.07. The third-order valence-electron chi connectivity index (χ3n) is 5.30. The van der Waals surface area contributed by atoms with Gasteiger partial charge in [-0.2, -0.15) is 0 Å². The Morgan fingerprint density at radius 3 is 2.22 bits per heavy atom. The maximum Gasteiger partial charge on any atom is 0.335 e. The molecule has 0 aliphatic rings. The van der Waals surface area contributed by atoms with Gasteiger partial charge < -0.3 is 15.6 Å². The molecule has 0 aliphatic heterocycles. The smallest absolute Gasteiger partial charge is 0.335 e. The van der Waals surface area contributed by atoms with Gasteiger partial charge in [0.25, 0.3) is 5.56 Å². The highest BCUT2D eigenvalue weighted by atomic mass is 35.5. The molecule has 1 amide bonds. The molecular formula is C25H21ClFN3O6. The number of nitrogens with two attached hydrogens (primary N) is 1. The van der Waals surface area contributed by atoms with E-state index in [1.807, 2.05) is 0 Å². The van der Waals surface area contributed by atoms with Crippen molar-refractivity contribution in [1.82, 2.24) is 9.13 Å². The van der Waals surface area contributed by atoms with Crippen LogP contribution in [0, 0.1) is 5.82 Å². The van der Waals surface area contributed by atoms with E-state index in [1.165, 1.54) is 41.9 Å². The molecule has 0 saturated heterocycles. The molecule has 1 aromatic heterocycles. The minimum atomic E-state index is -1.17. The highest BCUT2D eigenvalue weighted by Gasteiger charge is 2.14. The van der Waals surface area contributed by atoms with Crippen molar-refractivity contribution in [2.24, 2.45) is 12.8 Å². The Morgan fingerprint density at radius 2 is 1.67 bits per heavy atom. The second-order valence-electron chi connectivity index (χ2n) is 7.61. The van der Waals surface area contributed by atoms with Crippen molar-refractivity contribution < 1.29 is 23.8 Å². The summed E-state index contributed by atoms with van der Waals surface area (Å²) in [5.74, 6) is -1.48. The lowest BCUT2D eigenvalue weighted by Crippen LogP contribution is -2.39. The fourth-order valence-corrected chi connectivity index (χ4v) is 3.57. The van der Waals surface area contributed by atoms with Crippen molar-refractivity contribution in [1.29, 1.82) is 0 Å². The molecule has 9 nitrogen and oxygen atoms in total. The van der Waals surface area contributed by atoms with E-state index >= 15 is 0 Å². The number of fused-ring (bicyclic) bond motifs is 1. The van der Waals surface area contributed by atoms with Crippen LogP contribution in [0.1, 0.15) is 26.3 Å². The molecule has 0 unspecified atom stereocenters. The van der Waals surface area contributed by atoms with Gasteiger partial charge in [0.1, 0.15) is 11.6 Å². The number of methoxy groups -OCH3 is 1. The molecule has 0 atom stereocenters. The third-order valence-corrected chi connectivity index (χ3v) is 5.59. The van der Waals surface area contributed by atoms with E-state index in [9.17, 15) is 23.6 Å². The molecule has 0 saturated carbocycles. The molecule has 3 N–H and O–H groups in total. The number of aromatic carboxylic acids is 1. The summed E-state index contributed by atoms with van der Waals surface area (Å²) in [6.45, 7) is -0.112. The molecular weight excluding hydrogens is 493 g/mol. The number of carbonyl (C=O) groups is 2. The maximum atomic E-state index is 13.3. The molecule has 3 aromatic carbocycles. The summed E-state index contributed by atoms with van der Waals surface area (Å²) in [6.07, 6.45) is 0. The molecule has 0 aliphatic carbocycles. The SMILES string of the molecule is COc1ccc(C(N)=O)cc1.Cn1c(=O)n(Cc2ccc(F)c(Cl)c2)c(=O)c2cc(C(=O)O)ccc21. The van der Waals surface area contributed by atoms with Crippen molar-refractivity contribution in [3.05, 3.63) is 109 Å². The number of rotatable bonds is 5. The van der Waals surface area contributed by atoms with Crippen LogP contribution in [0.5, 0.6) is 5.75 Å². The fraction of sp³-hybridized carbons (Fsp3) is 0.120. The predicted octanol–water partition coefficient (Wildman–Crippen LogP) is 3.03. The summed E-state index contributed by atoms with van der Waals surface area (Å²) in [5, 5.41) is 9.08. The van der Waals surface area contributed by atoms with Crippen LogP contribution in [0.2, 0.25) is 5.02 Å². The highest BCUT2D eigenvalue weighted by molar-refractivity contribution is 6.30. The molecule has 0 radical (unpaired) electrons. The van der Waals surface area contributed by atoms with Crippen LogP contribution in [-0.4, -0.2) is 33.2 Å². The second-order valence-corrected chi connectivity index (χ2v) is 8.02. The zero-order valence-corrected chi connectivity index (χ0v) is 20.0. The molecule has 4 aromatic rings. The van der Waals surface area contributed by atoms with Crippen LogP contribution in [-0.2, 0) is 13.6 Å². The number of primary amides is 1. The quantitative estimate of drug-likeness (QED) is 0.421. The average Bonchev–Trinajstić information content (AvgIpc) is 2.87. The van der Waals surface area contributed by atoms with Gasteiger partial charge in [-0.1, -0.05) is 17.7 Å². The number of hydrogen-bond acceptors (Lipinski definition) is 5. The number of halogens is 2. The summed E-state index contributed by atoms with van der Waals surface area (Å²) in [7, 11) is 3.05. The Kier molecular flexibility index (Phi) is 7.90. The molecule has 0 bridgehead atoms. The number of benzene rings is 3. The number of amides is 1. The molecule has 11 heteroatoms. The van der Waals surface area contributed by atoms with Crippen molar-refractivity contribution in [3.63, 3.8) is 0 Å². The first-order chi connectivity index (χ1) is 17.0. The topological polar surface area (TPSA) is 134 Å². The number of ether oxygens (including phenoxy) is 1. The molecule has 186 valence electrons. The Balaban J connectivity index is 0.000000275. The first-order valence-electron chi connectivity index (χ1n) is 10.4. The molecule has 4 rings (SSSR count). The standard InChI is InChI=1S/C17H12ClFN2O4.C8H9NO2/c1-20-14-5-3-10(16(23)24)7-11(14)15(22)21(17(20)25)8-9-2-4-13(19)12(18)6-9;1-11-7-4-2-6(3-5-7)8(9)10/h2-7H,8H2,1H3,(H,23,24);2-5H,1H3,(H2,9,10).